The molecule has 1 aromatic carbocycles. The van der Waals surface area contributed by atoms with Crippen LogP contribution in [-0.4, -0.2) is 10.2 Å². The second kappa shape index (κ2) is 5.72. The van der Waals surface area contributed by atoms with E-state index in [4.69, 9.17) is 0 Å². The predicted octanol–water partition coefficient (Wildman–Crippen LogP) is 2.73. The fourth-order valence-electron chi connectivity index (χ4n) is 1.55. The number of hydrogen-bond acceptors (Lipinski definition) is 3. The van der Waals surface area contributed by atoms with Gasteiger partial charge in [0.1, 0.15) is 5.82 Å². The predicted molar refractivity (Wildman–Crippen MR) is 74.7 cm³/mol. The van der Waals surface area contributed by atoms with E-state index in [0.29, 0.717) is 5.82 Å². The van der Waals surface area contributed by atoms with E-state index in [0.717, 1.165) is 17.9 Å². The Morgan fingerprint density at radius 2 is 2.11 bits per heavy atom. The van der Waals surface area contributed by atoms with E-state index in [1.54, 1.807) is 12.3 Å². The molecule has 18 heavy (non-hydrogen) atoms. The third-order valence-electron chi connectivity index (χ3n) is 2.51. The number of hydrogen-bond donors (Lipinski definition) is 3. The molecule has 0 amide bonds. The first kappa shape index (κ1) is 12.0. The summed E-state index contributed by atoms with van der Waals surface area (Å²) < 4.78 is 0. The molecule has 0 unspecified atom stereocenters. The number of aromatic nitrogens is 2. The Kier molecular flexibility index (Phi) is 3.81. The summed E-state index contributed by atoms with van der Waals surface area (Å²) in [5.74, 6) is 1.50. The smallest absolute Gasteiger partial charge is 0.134 e. The van der Waals surface area contributed by atoms with Crippen LogP contribution in [0.2, 0.25) is 0 Å². The first-order chi connectivity index (χ1) is 8.79. The van der Waals surface area contributed by atoms with Gasteiger partial charge in [-0.2, -0.15) is 5.10 Å². The monoisotopic (exact) mass is 240 g/mol. The Labute approximate surface area is 106 Å². The molecule has 0 spiro atoms. The maximum Gasteiger partial charge on any atom is 0.134 e. The van der Waals surface area contributed by atoms with Gasteiger partial charge in [-0.15, -0.1) is 0 Å². The summed E-state index contributed by atoms with van der Waals surface area (Å²) in [4.78, 5) is 0. The Morgan fingerprint density at radius 3 is 2.83 bits per heavy atom. The molecule has 92 valence electrons. The lowest BCUT2D eigenvalue weighted by Crippen LogP contribution is -2.18. The van der Waals surface area contributed by atoms with Crippen molar-refractivity contribution in [1.29, 1.82) is 0 Å². The summed E-state index contributed by atoms with van der Waals surface area (Å²) in [5.41, 5.74) is 2.12. The topological polar surface area (TPSA) is 52.7 Å². The van der Waals surface area contributed by atoms with Gasteiger partial charge in [-0.05, 0) is 5.56 Å². The van der Waals surface area contributed by atoms with Crippen LogP contribution < -0.4 is 10.6 Å². The summed E-state index contributed by atoms with van der Waals surface area (Å²) >= 11 is 0. The number of benzene rings is 1. The van der Waals surface area contributed by atoms with E-state index in [2.05, 4.69) is 46.1 Å². The molecule has 0 aliphatic carbocycles. The van der Waals surface area contributed by atoms with E-state index in [1.165, 1.54) is 5.56 Å². The highest BCUT2D eigenvalue weighted by Crippen LogP contribution is 2.13. The highest BCUT2D eigenvalue weighted by molar-refractivity contribution is 5.62. The van der Waals surface area contributed by atoms with Crippen LogP contribution in [0.5, 0.6) is 0 Å². The lowest BCUT2D eigenvalue weighted by molar-refractivity contribution is 0.818. The van der Waals surface area contributed by atoms with E-state index >= 15 is 0 Å². The molecule has 0 saturated carbocycles. The third kappa shape index (κ3) is 3.01. The highest BCUT2D eigenvalue weighted by Gasteiger charge is 2.02. The molecule has 0 radical (unpaired) electrons. The fourth-order valence-corrected chi connectivity index (χ4v) is 1.55. The molecule has 0 atom stereocenters. The molecule has 3 N–H and O–H groups in total. The lowest BCUT2D eigenvalue weighted by atomic mass is 10.2. The van der Waals surface area contributed by atoms with Crippen LogP contribution in [0.3, 0.4) is 0 Å². The Morgan fingerprint density at radius 1 is 1.33 bits per heavy atom. The third-order valence-corrected chi connectivity index (χ3v) is 2.51. The molecule has 0 fully saturated rings. The van der Waals surface area contributed by atoms with Crippen molar-refractivity contribution in [1.82, 2.24) is 15.5 Å². The molecule has 0 saturated heterocycles. The average Bonchev–Trinajstić information content (AvgIpc) is 2.85. The summed E-state index contributed by atoms with van der Waals surface area (Å²) in [6.07, 6.45) is 3.44. The molecule has 0 aliphatic heterocycles. The maximum absolute atomic E-state index is 3.94. The summed E-state index contributed by atoms with van der Waals surface area (Å²) in [6.45, 7) is 8.36. The number of nitrogens with one attached hydrogen (secondary N) is 3. The molecular weight excluding hydrogens is 224 g/mol. The van der Waals surface area contributed by atoms with Crippen LogP contribution in [-0.2, 0) is 6.54 Å². The van der Waals surface area contributed by atoms with Gasteiger partial charge in [0.25, 0.3) is 0 Å². The van der Waals surface area contributed by atoms with Gasteiger partial charge < -0.3 is 10.6 Å². The quantitative estimate of drug-likeness (QED) is 0.727. The van der Waals surface area contributed by atoms with Crippen LogP contribution in [0.1, 0.15) is 11.1 Å². The first-order valence-corrected chi connectivity index (χ1v) is 5.69. The number of rotatable bonds is 6. The maximum atomic E-state index is 3.94. The standard InChI is InChI=1S/C14H16N4/c1-3-13-10-16-18-14(13)17-11(2)15-9-12-7-5-4-6-8-12/h3-8,10,15H,1-2,9H2,(H2,16,17,18). The number of anilines is 1. The number of aromatic amines is 1. The van der Waals surface area contributed by atoms with Crippen LogP contribution in [0.4, 0.5) is 5.82 Å². The molecule has 4 heteroatoms. The zero-order valence-corrected chi connectivity index (χ0v) is 10.1. The summed E-state index contributed by atoms with van der Waals surface area (Å²) in [6, 6.07) is 10.1. The van der Waals surface area contributed by atoms with Gasteiger partial charge in [0.2, 0.25) is 0 Å². The highest BCUT2D eigenvalue weighted by atomic mass is 15.2. The van der Waals surface area contributed by atoms with Crippen LogP contribution in [0, 0.1) is 0 Å². The minimum atomic E-state index is 0.714. The van der Waals surface area contributed by atoms with Crippen molar-refractivity contribution in [3.8, 4) is 0 Å². The molecule has 0 bridgehead atoms. The Bertz CT molecular complexity index is 528. The van der Waals surface area contributed by atoms with E-state index < -0.39 is 0 Å². The molecule has 0 aliphatic rings. The fraction of sp³-hybridized carbons (Fsp3) is 0.0714. The van der Waals surface area contributed by atoms with Crippen LogP contribution in [0.25, 0.3) is 6.08 Å². The van der Waals surface area contributed by atoms with Gasteiger partial charge in [-0.1, -0.05) is 49.6 Å². The van der Waals surface area contributed by atoms with Gasteiger partial charge in [0.15, 0.2) is 0 Å². The zero-order valence-electron chi connectivity index (χ0n) is 10.1. The second-order valence-corrected chi connectivity index (χ2v) is 3.85. The van der Waals surface area contributed by atoms with Gasteiger partial charge in [0.05, 0.1) is 12.0 Å². The van der Waals surface area contributed by atoms with Gasteiger partial charge in [0, 0.05) is 12.1 Å². The van der Waals surface area contributed by atoms with E-state index in [-0.39, 0.29) is 0 Å². The van der Waals surface area contributed by atoms with E-state index in [1.807, 2.05) is 18.2 Å². The number of nitrogens with zero attached hydrogens (tertiary/aromatic N) is 1. The van der Waals surface area contributed by atoms with Crippen molar-refractivity contribution in [2.24, 2.45) is 0 Å². The minimum absolute atomic E-state index is 0.714. The zero-order chi connectivity index (χ0) is 12.8. The van der Waals surface area contributed by atoms with Crippen LogP contribution in [0.15, 0.2) is 55.5 Å². The van der Waals surface area contributed by atoms with Gasteiger partial charge in [-0.25, -0.2) is 0 Å². The van der Waals surface area contributed by atoms with Crippen molar-refractivity contribution >= 4 is 11.9 Å². The SMILES string of the molecule is C=Cc1cn[nH]c1NC(=C)NCc1ccccc1. The minimum Gasteiger partial charge on any atom is -0.368 e. The van der Waals surface area contributed by atoms with Crippen molar-refractivity contribution < 1.29 is 0 Å². The van der Waals surface area contributed by atoms with Crippen molar-refractivity contribution in [3.63, 3.8) is 0 Å². The van der Waals surface area contributed by atoms with Gasteiger partial charge in [-0.3, -0.25) is 5.10 Å². The van der Waals surface area contributed by atoms with Crippen molar-refractivity contribution in [3.05, 3.63) is 66.6 Å². The van der Waals surface area contributed by atoms with Gasteiger partial charge >= 0.3 is 0 Å². The largest absolute Gasteiger partial charge is 0.368 e. The molecular formula is C14H16N4. The molecule has 2 rings (SSSR count). The Balaban J connectivity index is 1.88. The summed E-state index contributed by atoms with van der Waals surface area (Å²) in [5, 5.41) is 13.1. The Hall–Kier alpha value is -2.49. The molecule has 2 aromatic rings. The van der Waals surface area contributed by atoms with Crippen LogP contribution >= 0.6 is 0 Å². The molecule has 4 nitrogen and oxygen atoms in total. The normalized spacial score (nSPS) is 9.78. The van der Waals surface area contributed by atoms with Crippen molar-refractivity contribution in [2.45, 2.75) is 6.54 Å². The molecule has 1 heterocycles. The lowest BCUT2D eigenvalue weighted by Gasteiger charge is -2.11. The first-order valence-electron chi connectivity index (χ1n) is 5.69. The van der Waals surface area contributed by atoms with E-state index in [9.17, 15) is 0 Å². The average molecular weight is 240 g/mol. The second-order valence-electron chi connectivity index (χ2n) is 3.85. The van der Waals surface area contributed by atoms with Crippen molar-refractivity contribution in [2.75, 3.05) is 5.32 Å². The number of H-pyrrole nitrogens is 1. The summed E-state index contributed by atoms with van der Waals surface area (Å²) in [7, 11) is 0. The molecule has 1 aromatic heterocycles.